The van der Waals surface area contributed by atoms with Crippen molar-refractivity contribution < 1.29 is 17.9 Å². The highest BCUT2D eigenvalue weighted by Gasteiger charge is 2.24. The average Bonchev–Trinajstić information content (AvgIpc) is 2.64. The van der Waals surface area contributed by atoms with Crippen LogP contribution in [-0.2, 0) is 14.6 Å². The van der Waals surface area contributed by atoms with Gasteiger partial charge in [-0.15, -0.1) is 0 Å². The zero-order valence-electron chi connectivity index (χ0n) is 14.1. The predicted octanol–water partition coefficient (Wildman–Crippen LogP) is 4.42. The maximum atomic E-state index is 12.7. The second kappa shape index (κ2) is 8.91. The van der Waals surface area contributed by atoms with Crippen LogP contribution in [0.5, 0.6) is 0 Å². The second-order valence-electron chi connectivity index (χ2n) is 5.14. The number of nitrogens with zero attached hydrogens (tertiary/aromatic N) is 1. The van der Waals surface area contributed by atoms with Gasteiger partial charge in [0.25, 0.3) is 0 Å². The lowest BCUT2D eigenvalue weighted by Crippen LogP contribution is -2.07. The number of allylic oxidation sites excluding steroid dienone is 1. The molecule has 2 aromatic rings. The monoisotopic (exact) mass is 424 g/mol. The van der Waals surface area contributed by atoms with Crippen molar-refractivity contribution in [3.8, 4) is 6.07 Å². The van der Waals surface area contributed by atoms with E-state index in [0.29, 0.717) is 5.69 Å². The average molecular weight is 425 g/mol. The topological polar surface area (TPSA) is 96.3 Å². The summed E-state index contributed by atoms with van der Waals surface area (Å²) in [6.45, 7) is 1.92. The number of hydrogen-bond acceptors (Lipinski definition) is 6. The number of carbonyl (C=O) groups is 1. The summed E-state index contributed by atoms with van der Waals surface area (Å²) in [7, 11) is -4.18. The molecule has 0 amide bonds. The molecule has 0 bridgehead atoms. The van der Waals surface area contributed by atoms with Crippen molar-refractivity contribution in [3.63, 3.8) is 0 Å². The van der Waals surface area contributed by atoms with Crippen LogP contribution >= 0.6 is 23.2 Å². The SMILES string of the molecule is CCOC(=O)c1cccc(N/C=C(\C#N)S(=O)(=O)c2cc(Cl)ccc2Cl)c1. The van der Waals surface area contributed by atoms with Crippen LogP contribution in [0, 0.1) is 11.3 Å². The van der Waals surface area contributed by atoms with Gasteiger partial charge >= 0.3 is 5.97 Å². The summed E-state index contributed by atoms with van der Waals surface area (Å²) >= 11 is 11.8. The van der Waals surface area contributed by atoms with Crippen molar-refractivity contribution in [2.75, 3.05) is 11.9 Å². The molecular formula is C18H14Cl2N2O4S. The van der Waals surface area contributed by atoms with Crippen molar-refractivity contribution in [2.45, 2.75) is 11.8 Å². The lowest BCUT2D eigenvalue weighted by Gasteiger charge is -2.08. The zero-order chi connectivity index (χ0) is 20.0. The third kappa shape index (κ3) is 5.01. The lowest BCUT2D eigenvalue weighted by atomic mass is 10.2. The van der Waals surface area contributed by atoms with Gasteiger partial charge in [0.05, 0.1) is 22.1 Å². The second-order valence-corrected chi connectivity index (χ2v) is 7.87. The van der Waals surface area contributed by atoms with E-state index in [1.165, 1.54) is 24.3 Å². The number of hydrogen-bond donors (Lipinski definition) is 1. The Labute approximate surface area is 166 Å². The third-order valence-electron chi connectivity index (χ3n) is 3.33. The minimum Gasteiger partial charge on any atom is -0.462 e. The van der Waals surface area contributed by atoms with E-state index in [2.05, 4.69) is 5.32 Å². The van der Waals surface area contributed by atoms with Crippen molar-refractivity contribution in [3.05, 3.63) is 69.2 Å². The number of halogens is 2. The van der Waals surface area contributed by atoms with Gasteiger partial charge in [0.2, 0.25) is 9.84 Å². The molecule has 0 spiro atoms. The molecule has 2 rings (SSSR count). The van der Waals surface area contributed by atoms with E-state index in [1.807, 2.05) is 0 Å². The first-order valence-corrected chi connectivity index (χ1v) is 9.87. The number of nitrogens with one attached hydrogen (secondary N) is 1. The highest BCUT2D eigenvalue weighted by atomic mass is 35.5. The van der Waals surface area contributed by atoms with Gasteiger partial charge in [-0.1, -0.05) is 29.3 Å². The van der Waals surface area contributed by atoms with Crippen LogP contribution in [0.3, 0.4) is 0 Å². The van der Waals surface area contributed by atoms with E-state index in [9.17, 15) is 18.5 Å². The van der Waals surface area contributed by atoms with Gasteiger partial charge in [0.15, 0.2) is 4.91 Å². The molecule has 0 heterocycles. The first-order valence-electron chi connectivity index (χ1n) is 7.63. The summed E-state index contributed by atoms with van der Waals surface area (Å²) in [6, 6.07) is 11.8. The predicted molar refractivity (Wildman–Crippen MR) is 103 cm³/mol. The van der Waals surface area contributed by atoms with Crippen LogP contribution < -0.4 is 5.32 Å². The van der Waals surface area contributed by atoms with Crippen LogP contribution in [0.25, 0.3) is 0 Å². The molecule has 0 aliphatic heterocycles. The van der Waals surface area contributed by atoms with Crippen LogP contribution in [-0.4, -0.2) is 21.0 Å². The fraction of sp³-hybridized carbons (Fsp3) is 0.111. The molecule has 9 heteroatoms. The summed E-state index contributed by atoms with van der Waals surface area (Å²) in [5, 5.41) is 12.1. The Morgan fingerprint density at radius 2 is 2.00 bits per heavy atom. The minimum atomic E-state index is -4.18. The number of anilines is 1. The van der Waals surface area contributed by atoms with Crippen molar-refractivity contribution >= 4 is 44.7 Å². The first-order chi connectivity index (χ1) is 12.8. The molecule has 27 heavy (non-hydrogen) atoms. The Morgan fingerprint density at radius 3 is 2.67 bits per heavy atom. The van der Waals surface area contributed by atoms with Crippen LogP contribution in [0.15, 0.2) is 58.5 Å². The fourth-order valence-corrected chi connectivity index (χ4v) is 3.91. The number of benzene rings is 2. The summed E-state index contributed by atoms with van der Waals surface area (Å²) in [6.07, 6.45) is 1.02. The van der Waals surface area contributed by atoms with Crippen molar-refractivity contribution in [1.82, 2.24) is 0 Å². The van der Waals surface area contributed by atoms with E-state index < -0.39 is 20.7 Å². The van der Waals surface area contributed by atoms with Gasteiger partial charge in [-0.25, -0.2) is 13.2 Å². The lowest BCUT2D eigenvalue weighted by molar-refractivity contribution is 0.0526. The Hall–Kier alpha value is -2.53. The zero-order valence-corrected chi connectivity index (χ0v) is 16.4. The quantitative estimate of drug-likeness (QED) is 0.544. The highest BCUT2D eigenvalue weighted by Crippen LogP contribution is 2.29. The number of ether oxygens (including phenoxy) is 1. The van der Waals surface area contributed by atoms with Gasteiger partial charge in [-0.05, 0) is 43.3 Å². The first kappa shape index (κ1) is 20.8. The molecule has 6 nitrogen and oxygen atoms in total. The largest absolute Gasteiger partial charge is 0.462 e. The number of nitriles is 1. The molecule has 0 radical (unpaired) electrons. The van der Waals surface area contributed by atoms with E-state index in [4.69, 9.17) is 27.9 Å². The molecular weight excluding hydrogens is 411 g/mol. The van der Waals surface area contributed by atoms with Crippen LogP contribution in [0.2, 0.25) is 10.0 Å². The van der Waals surface area contributed by atoms with E-state index >= 15 is 0 Å². The molecule has 0 aliphatic carbocycles. The maximum absolute atomic E-state index is 12.7. The molecule has 0 aromatic heterocycles. The summed E-state index contributed by atoms with van der Waals surface area (Å²) < 4.78 is 30.2. The summed E-state index contributed by atoms with van der Waals surface area (Å²) in [5.41, 5.74) is 0.690. The molecule has 0 saturated heterocycles. The molecule has 0 unspecified atom stereocenters. The van der Waals surface area contributed by atoms with E-state index in [1.54, 1.807) is 31.2 Å². The van der Waals surface area contributed by atoms with Crippen molar-refractivity contribution in [2.24, 2.45) is 0 Å². The Morgan fingerprint density at radius 1 is 1.26 bits per heavy atom. The molecule has 0 saturated carbocycles. The maximum Gasteiger partial charge on any atom is 0.338 e. The van der Waals surface area contributed by atoms with Gasteiger partial charge in [0, 0.05) is 16.9 Å². The summed E-state index contributed by atoms with van der Waals surface area (Å²) in [5.74, 6) is -0.510. The molecule has 1 N–H and O–H groups in total. The molecule has 2 aromatic carbocycles. The number of esters is 1. The smallest absolute Gasteiger partial charge is 0.338 e. The Bertz CT molecular complexity index is 1040. The van der Waals surface area contributed by atoms with E-state index in [0.717, 1.165) is 6.20 Å². The minimum absolute atomic E-state index is 0.0511. The third-order valence-corrected chi connectivity index (χ3v) is 5.71. The highest BCUT2D eigenvalue weighted by molar-refractivity contribution is 7.95. The van der Waals surface area contributed by atoms with Gasteiger partial charge in [-0.3, -0.25) is 0 Å². The van der Waals surface area contributed by atoms with Gasteiger partial charge in [-0.2, -0.15) is 5.26 Å². The van der Waals surface area contributed by atoms with Crippen molar-refractivity contribution in [1.29, 1.82) is 5.26 Å². The molecule has 0 atom stereocenters. The standard InChI is InChI=1S/C18H14Cl2N2O4S/c1-2-26-18(23)12-4-3-5-14(8-12)22-11-15(10-21)27(24,25)17-9-13(19)6-7-16(17)20/h3-9,11,22H,2H2,1H3/b15-11+. The van der Waals surface area contributed by atoms with Crippen LogP contribution in [0.1, 0.15) is 17.3 Å². The number of rotatable bonds is 6. The molecule has 140 valence electrons. The summed E-state index contributed by atoms with van der Waals surface area (Å²) in [4.78, 5) is 10.9. The Kier molecular flexibility index (Phi) is 6.86. The normalized spacial score (nSPS) is 11.6. The number of carbonyl (C=O) groups excluding carboxylic acids is 1. The van der Waals surface area contributed by atoms with Gasteiger partial charge < -0.3 is 10.1 Å². The van der Waals surface area contributed by atoms with Crippen LogP contribution in [0.4, 0.5) is 5.69 Å². The number of sulfone groups is 1. The fourth-order valence-electron chi connectivity index (χ4n) is 2.07. The molecule has 0 fully saturated rings. The van der Waals surface area contributed by atoms with E-state index in [-0.39, 0.29) is 27.1 Å². The Balaban J connectivity index is 2.34. The van der Waals surface area contributed by atoms with Gasteiger partial charge in [0.1, 0.15) is 6.07 Å². The molecule has 0 aliphatic rings.